The SMILES string of the molecule is Cc1ccc(S(=O)(=O)N(C)CCN2CCNCC2)c(Br)c1. The van der Waals surface area contributed by atoms with Crippen molar-refractivity contribution in [2.24, 2.45) is 0 Å². The zero-order valence-electron chi connectivity index (χ0n) is 12.5. The van der Waals surface area contributed by atoms with Crippen LogP contribution in [0.2, 0.25) is 0 Å². The van der Waals surface area contributed by atoms with Gasteiger partial charge < -0.3 is 5.32 Å². The van der Waals surface area contributed by atoms with Crippen LogP contribution in [-0.2, 0) is 10.0 Å². The lowest BCUT2D eigenvalue weighted by Gasteiger charge is -2.29. The molecule has 0 aliphatic carbocycles. The van der Waals surface area contributed by atoms with Crippen molar-refractivity contribution in [1.29, 1.82) is 0 Å². The Morgan fingerprint density at radius 3 is 2.62 bits per heavy atom. The van der Waals surface area contributed by atoms with Gasteiger partial charge in [-0.1, -0.05) is 6.07 Å². The molecule has 1 aliphatic rings. The Morgan fingerprint density at radius 2 is 2.00 bits per heavy atom. The molecule has 0 aromatic heterocycles. The van der Waals surface area contributed by atoms with Crippen molar-refractivity contribution in [3.63, 3.8) is 0 Å². The van der Waals surface area contributed by atoms with Gasteiger partial charge in [0.2, 0.25) is 10.0 Å². The van der Waals surface area contributed by atoms with E-state index in [0.717, 1.165) is 38.3 Å². The molecule has 0 saturated carbocycles. The van der Waals surface area contributed by atoms with Crippen molar-refractivity contribution >= 4 is 26.0 Å². The van der Waals surface area contributed by atoms with Crippen LogP contribution in [0.25, 0.3) is 0 Å². The molecule has 1 N–H and O–H groups in total. The van der Waals surface area contributed by atoms with E-state index >= 15 is 0 Å². The maximum absolute atomic E-state index is 12.6. The number of halogens is 1. The molecule has 21 heavy (non-hydrogen) atoms. The molecule has 5 nitrogen and oxygen atoms in total. The molecule has 2 rings (SSSR count). The van der Waals surface area contributed by atoms with Crippen LogP contribution in [-0.4, -0.2) is 63.9 Å². The number of nitrogens with one attached hydrogen (secondary N) is 1. The average molecular weight is 376 g/mol. The molecule has 1 fully saturated rings. The first-order valence-corrected chi connectivity index (χ1v) is 9.30. The molecular weight excluding hydrogens is 354 g/mol. The van der Waals surface area contributed by atoms with Crippen LogP contribution < -0.4 is 5.32 Å². The lowest BCUT2D eigenvalue weighted by Crippen LogP contribution is -2.46. The van der Waals surface area contributed by atoms with Crippen molar-refractivity contribution in [2.45, 2.75) is 11.8 Å². The van der Waals surface area contributed by atoms with E-state index < -0.39 is 10.0 Å². The van der Waals surface area contributed by atoms with Crippen molar-refractivity contribution in [2.75, 3.05) is 46.3 Å². The topological polar surface area (TPSA) is 52.7 Å². The molecule has 0 radical (unpaired) electrons. The molecule has 1 saturated heterocycles. The Bertz CT molecular complexity index is 586. The second-order valence-electron chi connectivity index (χ2n) is 5.35. The molecule has 0 unspecified atom stereocenters. The Kier molecular flexibility index (Phi) is 5.79. The number of rotatable bonds is 5. The fourth-order valence-electron chi connectivity index (χ4n) is 2.32. The van der Waals surface area contributed by atoms with E-state index in [4.69, 9.17) is 0 Å². The molecule has 0 bridgehead atoms. The van der Waals surface area contributed by atoms with E-state index in [1.807, 2.05) is 19.1 Å². The summed E-state index contributed by atoms with van der Waals surface area (Å²) in [6.07, 6.45) is 0. The van der Waals surface area contributed by atoms with E-state index in [0.29, 0.717) is 15.9 Å². The van der Waals surface area contributed by atoms with Crippen LogP contribution in [0.4, 0.5) is 0 Å². The summed E-state index contributed by atoms with van der Waals surface area (Å²) in [5.41, 5.74) is 1.03. The number of nitrogens with zero attached hydrogens (tertiary/aromatic N) is 2. The van der Waals surface area contributed by atoms with Gasteiger partial charge in [0, 0.05) is 50.8 Å². The summed E-state index contributed by atoms with van der Waals surface area (Å²) in [4.78, 5) is 2.61. The van der Waals surface area contributed by atoms with Crippen molar-refractivity contribution in [1.82, 2.24) is 14.5 Å². The first kappa shape index (κ1) is 16.9. The zero-order valence-corrected chi connectivity index (χ0v) is 14.9. The van der Waals surface area contributed by atoms with Gasteiger partial charge in [0.05, 0.1) is 4.90 Å². The molecule has 7 heteroatoms. The highest BCUT2D eigenvalue weighted by Crippen LogP contribution is 2.25. The van der Waals surface area contributed by atoms with E-state index in [2.05, 4.69) is 26.1 Å². The number of aryl methyl sites for hydroxylation is 1. The number of hydrogen-bond acceptors (Lipinski definition) is 4. The minimum atomic E-state index is -3.44. The zero-order chi connectivity index (χ0) is 15.5. The summed E-state index contributed by atoms with van der Waals surface area (Å²) >= 11 is 3.35. The van der Waals surface area contributed by atoms with Crippen LogP contribution in [0, 0.1) is 6.92 Å². The number of benzene rings is 1. The van der Waals surface area contributed by atoms with Gasteiger partial charge in [-0.2, -0.15) is 4.31 Å². The third-order valence-electron chi connectivity index (χ3n) is 3.72. The number of hydrogen-bond donors (Lipinski definition) is 1. The molecule has 1 aliphatic heterocycles. The standard InChI is InChI=1S/C14H22BrN3O2S/c1-12-3-4-14(13(15)11-12)21(19,20)17(2)9-10-18-7-5-16-6-8-18/h3-4,11,16H,5-10H2,1-2H3. The second kappa shape index (κ2) is 7.19. The maximum atomic E-state index is 12.6. The number of piperazine rings is 1. The van der Waals surface area contributed by atoms with Crippen molar-refractivity contribution < 1.29 is 8.42 Å². The van der Waals surface area contributed by atoms with E-state index in [-0.39, 0.29) is 0 Å². The van der Waals surface area contributed by atoms with Crippen LogP contribution in [0.1, 0.15) is 5.56 Å². The first-order chi connectivity index (χ1) is 9.91. The Labute approximate surface area is 135 Å². The molecule has 1 aromatic carbocycles. The predicted octanol–water partition coefficient (Wildman–Crippen LogP) is 1.28. The lowest BCUT2D eigenvalue weighted by molar-refractivity contribution is 0.229. The minimum absolute atomic E-state index is 0.330. The van der Waals surface area contributed by atoms with Gasteiger partial charge in [-0.15, -0.1) is 0 Å². The van der Waals surface area contributed by atoms with Crippen LogP contribution in [0.3, 0.4) is 0 Å². The van der Waals surface area contributed by atoms with Gasteiger partial charge in [0.15, 0.2) is 0 Å². The van der Waals surface area contributed by atoms with Crippen LogP contribution in [0.15, 0.2) is 27.6 Å². The summed E-state index contributed by atoms with van der Waals surface area (Å²) in [6, 6.07) is 5.31. The molecule has 1 aromatic rings. The molecule has 1 heterocycles. The van der Waals surface area contributed by atoms with Crippen molar-refractivity contribution in [3.8, 4) is 0 Å². The largest absolute Gasteiger partial charge is 0.314 e. The fourth-order valence-corrected chi connectivity index (χ4v) is 4.63. The smallest absolute Gasteiger partial charge is 0.243 e. The molecule has 0 atom stereocenters. The van der Waals surface area contributed by atoms with E-state index in [1.54, 1.807) is 13.1 Å². The Balaban J connectivity index is 2.04. The number of sulfonamides is 1. The normalized spacial score (nSPS) is 17.3. The average Bonchev–Trinajstić information content (AvgIpc) is 2.45. The van der Waals surface area contributed by atoms with Gasteiger partial charge in [0.1, 0.15) is 0 Å². The van der Waals surface area contributed by atoms with Gasteiger partial charge in [-0.05, 0) is 40.5 Å². The van der Waals surface area contributed by atoms with Crippen LogP contribution in [0.5, 0.6) is 0 Å². The fraction of sp³-hybridized carbons (Fsp3) is 0.571. The summed E-state index contributed by atoms with van der Waals surface area (Å²) in [5, 5.41) is 3.29. The van der Waals surface area contributed by atoms with Gasteiger partial charge in [-0.25, -0.2) is 8.42 Å². The van der Waals surface area contributed by atoms with Crippen molar-refractivity contribution in [3.05, 3.63) is 28.2 Å². The first-order valence-electron chi connectivity index (χ1n) is 7.07. The monoisotopic (exact) mass is 375 g/mol. The maximum Gasteiger partial charge on any atom is 0.243 e. The third-order valence-corrected chi connectivity index (χ3v) is 6.55. The molecular formula is C14H22BrN3O2S. The molecule has 0 amide bonds. The highest BCUT2D eigenvalue weighted by Gasteiger charge is 2.23. The number of likely N-dealkylation sites (N-methyl/N-ethyl adjacent to an activating group) is 1. The third kappa shape index (κ3) is 4.26. The van der Waals surface area contributed by atoms with Gasteiger partial charge in [0.25, 0.3) is 0 Å². The van der Waals surface area contributed by atoms with Gasteiger partial charge in [-0.3, -0.25) is 4.90 Å². The Morgan fingerprint density at radius 1 is 1.33 bits per heavy atom. The highest BCUT2D eigenvalue weighted by molar-refractivity contribution is 9.10. The Hall–Kier alpha value is -0.470. The highest BCUT2D eigenvalue weighted by atomic mass is 79.9. The quantitative estimate of drug-likeness (QED) is 0.842. The molecule has 0 spiro atoms. The summed E-state index contributed by atoms with van der Waals surface area (Å²) in [5.74, 6) is 0. The van der Waals surface area contributed by atoms with E-state index in [1.165, 1.54) is 4.31 Å². The van der Waals surface area contributed by atoms with Crippen LogP contribution >= 0.6 is 15.9 Å². The summed E-state index contributed by atoms with van der Waals surface area (Å²) in [7, 11) is -1.80. The lowest BCUT2D eigenvalue weighted by atomic mass is 10.2. The minimum Gasteiger partial charge on any atom is -0.314 e. The summed E-state index contributed by atoms with van der Waals surface area (Å²) in [6.45, 7) is 7.10. The van der Waals surface area contributed by atoms with Gasteiger partial charge >= 0.3 is 0 Å². The predicted molar refractivity (Wildman–Crippen MR) is 88.0 cm³/mol. The molecule has 118 valence electrons. The summed E-state index contributed by atoms with van der Waals surface area (Å²) < 4.78 is 27.3. The second-order valence-corrected chi connectivity index (χ2v) is 8.22. The van der Waals surface area contributed by atoms with E-state index in [9.17, 15) is 8.42 Å².